The van der Waals surface area contributed by atoms with Gasteiger partial charge in [-0.1, -0.05) is 42.5 Å². The van der Waals surface area contributed by atoms with Crippen LogP contribution in [-0.2, 0) is 16.0 Å². The number of esters is 1. The highest BCUT2D eigenvalue weighted by Crippen LogP contribution is 2.45. The maximum absolute atomic E-state index is 12.9. The van der Waals surface area contributed by atoms with Gasteiger partial charge in [0.2, 0.25) is 0 Å². The lowest BCUT2D eigenvalue weighted by atomic mass is 9.91. The van der Waals surface area contributed by atoms with E-state index in [1.165, 1.54) is 5.56 Å². The molecule has 5 rings (SSSR count). The molecule has 0 bridgehead atoms. The molecule has 0 saturated heterocycles. The zero-order valence-corrected chi connectivity index (χ0v) is 18.2. The highest BCUT2D eigenvalue weighted by Gasteiger charge is 2.34. The molecule has 0 spiro atoms. The van der Waals surface area contributed by atoms with Crippen LogP contribution in [0.1, 0.15) is 30.4 Å². The van der Waals surface area contributed by atoms with Crippen LogP contribution in [-0.4, -0.2) is 31.7 Å². The van der Waals surface area contributed by atoms with E-state index < -0.39 is 0 Å². The molecule has 4 heteroatoms. The van der Waals surface area contributed by atoms with Crippen molar-refractivity contribution in [1.29, 1.82) is 0 Å². The summed E-state index contributed by atoms with van der Waals surface area (Å²) in [5.41, 5.74) is 6.43. The molecule has 0 amide bonds. The van der Waals surface area contributed by atoms with Crippen molar-refractivity contribution in [2.75, 3.05) is 25.6 Å². The lowest BCUT2D eigenvalue weighted by Gasteiger charge is -2.18. The smallest absolute Gasteiger partial charge is 0.313 e. The van der Waals surface area contributed by atoms with E-state index in [9.17, 15) is 4.79 Å². The Bertz CT molecular complexity index is 1290. The van der Waals surface area contributed by atoms with Gasteiger partial charge in [-0.2, -0.15) is 0 Å². The number of ether oxygens (including phenoxy) is 1. The summed E-state index contributed by atoms with van der Waals surface area (Å²) < 4.78 is 5.47. The van der Waals surface area contributed by atoms with Crippen LogP contribution in [0.4, 0.5) is 5.69 Å². The molecule has 0 fully saturated rings. The zero-order chi connectivity index (χ0) is 21.5. The Morgan fingerprint density at radius 2 is 1.84 bits per heavy atom. The largest absolute Gasteiger partial charge is 0.466 e. The molecule has 156 valence electrons. The number of carbonyl (C=O) groups excluding carboxylic acids is 1. The number of benzene rings is 3. The van der Waals surface area contributed by atoms with Crippen molar-refractivity contribution >= 4 is 33.3 Å². The van der Waals surface area contributed by atoms with E-state index in [-0.39, 0.29) is 11.9 Å². The molecule has 0 N–H and O–H groups in total. The van der Waals surface area contributed by atoms with E-state index in [4.69, 9.17) is 9.72 Å². The number of hydrogen-bond donors (Lipinski definition) is 0. The van der Waals surface area contributed by atoms with Gasteiger partial charge in [0.05, 0.1) is 23.7 Å². The predicted molar refractivity (Wildman–Crippen MR) is 127 cm³/mol. The maximum Gasteiger partial charge on any atom is 0.313 e. The SMILES string of the molecule is CCOC(=O)C1CCc2c(-c3ccc(N(C)C)cc3)nc3ccc4ccccc4c3c21. The van der Waals surface area contributed by atoms with Gasteiger partial charge in [-0.05, 0) is 59.9 Å². The van der Waals surface area contributed by atoms with Crippen molar-refractivity contribution < 1.29 is 9.53 Å². The highest BCUT2D eigenvalue weighted by atomic mass is 16.5. The number of rotatable bonds is 4. The van der Waals surface area contributed by atoms with Gasteiger partial charge in [0, 0.05) is 30.7 Å². The zero-order valence-electron chi connectivity index (χ0n) is 18.2. The van der Waals surface area contributed by atoms with Crippen LogP contribution in [0.3, 0.4) is 0 Å². The van der Waals surface area contributed by atoms with Gasteiger partial charge >= 0.3 is 5.97 Å². The number of pyridine rings is 1. The van der Waals surface area contributed by atoms with E-state index >= 15 is 0 Å². The molecule has 4 aromatic rings. The highest BCUT2D eigenvalue weighted by molar-refractivity contribution is 6.10. The summed E-state index contributed by atoms with van der Waals surface area (Å²) in [5, 5.41) is 3.41. The molecule has 1 aliphatic carbocycles. The third-order valence-electron chi connectivity index (χ3n) is 6.28. The number of fused-ring (bicyclic) bond motifs is 5. The van der Waals surface area contributed by atoms with Gasteiger partial charge in [-0.3, -0.25) is 4.79 Å². The van der Waals surface area contributed by atoms with Gasteiger partial charge in [-0.15, -0.1) is 0 Å². The first-order chi connectivity index (χ1) is 15.1. The summed E-state index contributed by atoms with van der Waals surface area (Å²) in [4.78, 5) is 20.1. The van der Waals surface area contributed by atoms with E-state index in [1.807, 2.05) is 27.1 Å². The van der Waals surface area contributed by atoms with Crippen LogP contribution in [0.15, 0.2) is 60.7 Å². The van der Waals surface area contributed by atoms with Crippen molar-refractivity contribution in [2.45, 2.75) is 25.7 Å². The van der Waals surface area contributed by atoms with E-state index in [0.29, 0.717) is 6.61 Å². The second-order valence-corrected chi connectivity index (χ2v) is 8.32. The lowest BCUT2D eigenvalue weighted by Crippen LogP contribution is -2.14. The molecular formula is C27H26N2O2. The minimum atomic E-state index is -0.244. The normalized spacial score (nSPS) is 15.3. The number of anilines is 1. The van der Waals surface area contributed by atoms with Crippen molar-refractivity contribution in [3.05, 3.63) is 71.8 Å². The average Bonchev–Trinajstić information content (AvgIpc) is 3.24. The Labute approximate surface area is 182 Å². The fourth-order valence-electron chi connectivity index (χ4n) is 4.81. The van der Waals surface area contributed by atoms with Crippen molar-refractivity contribution in [2.24, 2.45) is 0 Å². The van der Waals surface area contributed by atoms with Crippen LogP contribution < -0.4 is 4.90 Å². The van der Waals surface area contributed by atoms with Crippen LogP contribution in [0.2, 0.25) is 0 Å². The van der Waals surface area contributed by atoms with E-state index in [2.05, 4.69) is 59.5 Å². The molecule has 3 aromatic carbocycles. The Kier molecular flexibility index (Phi) is 4.85. The minimum absolute atomic E-state index is 0.129. The van der Waals surface area contributed by atoms with E-state index in [1.54, 1.807) is 0 Å². The molecule has 0 saturated carbocycles. The molecule has 0 aliphatic heterocycles. The van der Waals surface area contributed by atoms with Gasteiger partial charge < -0.3 is 9.64 Å². The van der Waals surface area contributed by atoms with Crippen molar-refractivity contribution in [3.63, 3.8) is 0 Å². The third kappa shape index (κ3) is 3.23. The summed E-state index contributed by atoms with van der Waals surface area (Å²) in [6.45, 7) is 2.26. The predicted octanol–water partition coefficient (Wildman–Crippen LogP) is 5.71. The fourth-order valence-corrected chi connectivity index (χ4v) is 4.81. The lowest BCUT2D eigenvalue weighted by molar-refractivity contribution is -0.144. The van der Waals surface area contributed by atoms with Crippen molar-refractivity contribution in [3.8, 4) is 11.3 Å². The van der Waals surface area contributed by atoms with Gasteiger partial charge in [0.15, 0.2) is 0 Å². The minimum Gasteiger partial charge on any atom is -0.466 e. The van der Waals surface area contributed by atoms with Crippen LogP contribution in [0, 0.1) is 0 Å². The number of hydrogen-bond acceptors (Lipinski definition) is 4. The summed E-state index contributed by atoms with van der Waals surface area (Å²) in [5.74, 6) is -0.373. The number of aromatic nitrogens is 1. The van der Waals surface area contributed by atoms with E-state index in [0.717, 1.165) is 57.0 Å². The molecule has 1 aliphatic rings. The second kappa shape index (κ2) is 7.69. The number of carbonyl (C=O) groups is 1. The molecule has 31 heavy (non-hydrogen) atoms. The standard InChI is InChI=1S/C27H26N2O2/c1-4-31-27(30)22-15-14-21-24(22)25-20-8-6-5-7-17(20)11-16-23(25)28-26(21)18-9-12-19(13-10-18)29(2)3/h5-13,16,22H,4,14-15H2,1-3H3. The van der Waals surface area contributed by atoms with Crippen LogP contribution in [0.25, 0.3) is 32.9 Å². The molecule has 0 radical (unpaired) electrons. The monoisotopic (exact) mass is 410 g/mol. The molecule has 1 aromatic heterocycles. The molecule has 1 heterocycles. The molecular weight excluding hydrogens is 384 g/mol. The second-order valence-electron chi connectivity index (χ2n) is 8.32. The van der Waals surface area contributed by atoms with Crippen LogP contribution >= 0.6 is 0 Å². The Morgan fingerprint density at radius 1 is 1.06 bits per heavy atom. The first-order valence-corrected chi connectivity index (χ1v) is 10.9. The summed E-state index contributed by atoms with van der Waals surface area (Å²) in [6, 6.07) is 21.0. The number of nitrogens with zero attached hydrogens (tertiary/aromatic N) is 2. The molecule has 4 nitrogen and oxygen atoms in total. The van der Waals surface area contributed by atoms with Gasteiger partial charge in [0.1, 0.15) is 0 Å². The Hall–Kier alpha value is -3.40. The quantitative estimate of drug-likeness (QED) is 0.319. The maximum atomic E-state index is 12.9. The van der Waals surface area contributed by atoms with Gasteiger partial charge in [-0.25, -0.2) is 4.98 Å². The first-order valence-electron chi connectivity index (χ1n) is 10.9. The third-order valence-corrected chi connectivity index (χ3v) is 6.28. The van der Waals surface area contributed by atoms with Crippen LogP contribution in [0.5, 0.6) is 0 Å². The molecule has 1 atom stereocenters. The Morgan fingerprint density at radius 3 is 2.58 bits per heavy atom. The molecule has 1 unspecified atom stereocenters. The Balaban J connectivity index is 1.80. The average molecular weight is 411 g/mol. The summed E-state index contributed by atoms with van der Waals surface area (Å²) in [7, 11) is 4.08. The first kappa shape index (κ1) is 19.6. The van der Waals surface area contributed by atoms with Crippen molar-refractivity contribution in [1.82, 2.24) is 4.98 Å². The fraction of sp³-hybridized carbons (Fsp3) is 0.259. The summed E-state index contributed by atoms with van der Waals surface area (Å²) in [6.07, 6.45) is 1.59. The topological polar surface area (TPSA) is 42.4 Å². The summed E-state index contributed by atoms with van der Waals surface area (Å²) >= 11 is 0. The van der Waals surface area contributed by atoms with Gasteiger partial charge in [0.25, 0.3) is 0 Å².